The smallest absolute Gasteiger partial charge is 0.193 e. The molecule has 0 aliphatic carbocycles. The summed E-state index contributed by atoms with van der Waals surface area (Å²) in [7, 11) is 0. The van der Waals surface area contributed by atoms with Crippen molar-refractivity contribution in [1.29, 1.82) is 0 Å². The standard InChI is InChI=1S/C17H14O3/c1-11(12-5-3-2-4-6-12)17-10-15(19)14-9-13(18)7-8-16(14)20-17/h2-11,18H,1H3. The Morgan fingerprint density at radius 3 is 2.55 bits per heavy atom. The Hall–Kier alpha value is -2.55. The van der Waals surface area contributed by atoms with E-state index in [4.69, 9.17) is 4.42 Å². The van der Waals surface area contributed by atoms with E-state index in [0.717, 1.165) is 5.56 Å². The van der Waals surface area contributed by atoms with E-state index in [1.54, 1.807) is 6.07 Å². The summed E-state index contributed by atoms with van der Waals surface area (Å²) in [4.78, 5) is 12.1. The van der Waals surface area contributed by atoms with Gasteiger partial charge < -0.3 is 9.52 Å². The molecule has 3 nitrogen and oxygen atoms in total. The lowest BCUT2D eigenvalue weighted by Crippen LogP contribution is -2.05. The minimum absolute atomic E-state index is 0.00195. The molecule has 3 heteroatoms. The first-order valence-electron chi connectivity index (χ1n) is 6.47. The van der Waals surface area contributed by atoms with Crippen molar-refractivity contribution in [1.82, 2.24) is 0 Å². The van der Waals surface area contributed by atoms with Gasteiger partial charge >= 0.3 is 0 Å². The highest BCUT2D eigenvalue weighted by molar-refractivity contribution is 5.78. The monoisotopic (exact) mass is 266 g/mol. The van der Waals surface area contributed by atoms with Gasteiger partial charge in [0.05, 0.1) is 5.39 Å². The predicted molar refractivity (Wildman–Crippen MR) is 78.1 cm³/mol. The molecule has 0 radical (unpaired) electrons. The van der Waals surface area contributed by atoms with Crippen LogP contribution in [-0.4, -0.2) is 5.11 Å². The summed E-state index contributed by atoms with van der Waals surface area (Å²) in [5.74, 6) is 0.690. The number of phenolic OH excluding ortho intramolecular Hbond substituents is 1. The number of aromatic hydroxyl groups is 1. The van der Waals surface area contributed by atoms with Crippen LogP contribution in [0.15, 0.2) is 63.8 Å². The SMILES string of the molecule is CC(c1ccccc1)c1cc(=O)c2cc(O)ccc2o1. The van der Waals surface area contributed by atoms with E-state index in [9.17, 15) is 9.90 Å². The zero-order valence-electron chi connectivity index (χ0n) is 11.0. The summed E-state index contributed by atoms with van der Waals surface area (Å²) in [6.45, 7) is 2.00. The first-order chi connectivity index (χ1) is 9.65. The molecule has 0 amide bonds. The molecule has 0 saturated carbocycles. The van der Waals surface area contributed by atoms with E-state index in [-0.39, 0.29) is 17.1 Å². The Bertz CT molecular complexity index is 803. The lowest BCUT2D eigenvalue weighted by Gasteiger charge is -2.11. The Kier molecular flexibility index (Phi) is 3.03. The molecule has 100 valence electrons. The summed E-state index contributed by atoms with van der Waals surface area (Å²) in [6, 6.07) is 16.0. The van der Waals surface area contributed by atoms with E-state index in [1.165, 1.54) is 18.2 Å². The third kappa shape index (κ3) is 2.18. The van der Waals surface area contributed by atoms with Gasteiger partial charge in [0, 0.05) is 12.0 Å². The number of hydrogen-bond donors (Lipinski definition) is 1. The zero-order chi connectivity index (χ0) is 14.1. The van der Waals surface area contributed by atoms with Crippen LogP contribution >= 0.6 is 0 Å². The Balaban J connectivity index is 2.14. The maximum absolute atomic E-state index is 12.1. The fourth-order valence-corrected chi connectivity index (χ4v) is 2.28. The molecule has 1 aromatic heterocycles. The largest absolute Gasteiger partial charge is 0.508 e. The van der Waals surface area contributed by atoms with Crippen LogP contribution < -0.4 is 5.43 Å². The highest BCUT2D eigenvalue weighted by Gasteiger charge is 2.13. The predicted octanol–water partition coefficient (Wildman–Crippen LogP) is 3.65. The minimum Gasteiger partial charge on any atom is -0.508 e. The van der Waals surface area contributed by atoms with Gasteiger partial charge in [-0.1, -0.05) is 37.3 Å². The van der Waals surface area contributed by atoms with Crippen molar-refractivity contribution in [2.24, 2.45) is 0 Å². The first-order valence-corrected chi connectivity index (χ1v) is 6.47. The molecule has 3 rings (SSSR count). The topological polar surface area (TPSA) is 50.4 Å². The molecule has 1 N–H and O–H groups in total. The maximum Gasteiger partial charge on any atom is 0.193 e. The number of phenols is 1. The molecule has 0 bridgehead atoms. The molecule has 1 unspecified atom stereocenters. The summed E-state index contributed by atoms with van der Waals surface area (Å²) in [6.07, 6.45) is 0. The van der Waals surface area contributed by atoms with Crippen LogP contribution in [-0.2, 0) is 0 Å². The van der Waals surface area contributed by atoms with Gasteiger partial charge in [-0.05, 0) is 23.8 Å². The average molecular weight is 266 g/mol. The first kappa shape index (κ1) is 12.5. The molecule has 3 aromatic rings. The molecule has 0 spiro atoms. The molecule has 0 aliphatic heterocycles. The highest BCUT2D eigenvalue weighted by Crippen LogP contribution is 2.26. The van der Waals surface area contributed by atoms with Crippen molar-refractivity contribution >= 4 is 11.0 Å². The van der Waals surface area contributed by atoms with E-state index >= 15 is 0 Å². The second kappa shape index (κ2) is 4.85. The average Bonchev–Trinajstić information content (AvgIpc) is 2.48. The van der Waals surface area contributed by atoms with Gasteiger partial charge in [-0.2, -0.15) is 0 Å². The van der Waals surface area contributed by atoms with Gasteiger partial charge in [0.2, 0.25) is 0 Å². The summed E-state index contributed by atoms with van der Waals surface area (Å²) in [5.41, 5.74) is 1.45. The van der Waals surface area contributed by atoms with Crippen molar-refractivity contribution in [3.63, 3.8) is 0 Å². The quantitative estimate of drug-likeness (QED) is 0.770. The fourth-order valence-electron chi connectivity index (χ4n) is 2.28. The summed E-state index contributed by atoms with van der Waals surface area (Å²) >= 11 is 0. The molecular weight excluding hydrogens is 252 g/mol. The van der Waals surface area contributed by atoms with E-state index in [0.29, 0.717) is 16.7 Å². The van der Waals surface area contributed by atoms with E-state index in [1.807, 2.05) is 37.3 Å². The lowest BCUT2D eigenvalue weighted by atomic mass is 9.98. The van der Waals surface area contributed by atoms with Gasteiger partial charge in [-0.25, -0.2) is 0 Å². The van der Waals surface area contributed by atoms with Crippen LogP contribution in [0.1, 0.15) is 24.2 Å². The van der Waals surface area contributed by atoms with Gasteiger partial charge in [-0.3, -0.25) is 4.79 Å². The molecule has 1 heterocycles. The Labute approximate surface area is 116 Å². The second-order valence-electron chi connectivity index (χ2n) is 4.83. The molecule has 0 saturated heterocycles. The van der Waals surface area contributed by atoms with Crippen LogP contribution in [0, 0.1) is 0 Å². The maximum atomic E-state index is 12.1. The molecule has 2 aromatic carbocycles. The zero-order valence-corrected chi connectivity index (χ0v) is 11.0. The van der Waals surface area contributed by atoms with Crippen molar-refractivity contribution in [2.75, 3.05) is 0 Å². The number of hydrogen-bond acceptors (Lipinski definition) is 3. The van der Waals surface area contributed by atoms with Crippen LogP contribution in [0.2, 0.25) is 0 Å². The summed E-state index contributed by atoms with van der Waals surface area (Å²) in [5, 5.41) is 9.83. The molecule has 20 heavy (non-hydrogen) atoms. The Morgan fingerprint density at radius 2 is 1.80 bits per heavy atom. The third-order valence-corrected chi connectivity index (χ3v) is 3.46. The van der Waals surface area contributed by atoms with Crippen molar-refractivity contribution in [3.8, 4) is 5.75 Å². The van der Waals surface area contributed by atoms with Crippen LogP contribution in [0.5, 0.6) is 5.75 Å². The van der Waals surface area contributed by atoms with Gasteiger partial charge in [-0.15, -0.1) is 0 Å². The van der Waals surface area contributed by atoms with Crippen LogP contribution in [0.4, 0.5) is 0 Å². The lowest BCUT2D eigenvalue weighted by molar-refractivity contribution is 0.474. The number of benzene rings is 2. The third-order valence-electron chi connectivity index (χ3n) is 3.46. The van der Waals surface area contributed by atoms with Crippen LogP contribution in [0.25, 0.3) is 11.0 Å². The van der Waals surface area contributed by atoms with Gasteiger partial charge in [0.1, 0.15) is 17.1 Å². The normalized spacial score (nSPS) is 12.4. The van der Waals surface area contributed by atoms with E-state index in [2.05, 4.69) is 0 Å². The van der Waals surface area contributed by atoms with Gasteiger partial charge in [0.25, 0.3) is 0 Å². The number of rotatable bonds is 2. The van der Waals surface area contributed by atoms with Crippen molar-refractivity contribution in [3.05, 3.63) is 76.1 Å². The molecular formula is C17H14O3. The van der Waals surface area contributed by atoms with Crippen molar-refractivity contribution < 1.29 is 9.52 Å². The molecule has 1 atom stereocenters. The minimum atomic E-state index is -0.139. The second-order valence-corrected chi connectivity index (χ2v) is 4.83. The van der Waals surface area contributed by atoms with Crippen LogP contribution in [0.3, 0.4) is 0 Å². The molecule has 0 aliphatic rings. The van der Waals surface area contributed by atoms with E-state index < -0.39 is 0 Å². The summed E-state index contributed by atoms with van der Waals surface area (Å²) < 4.78 is 5.80. The van der Waals surface area contributed by atoms with Crippen molar-refractivity contribution in [2.45, 2.75) is 12.8 Å². The Morgan fingerprint density at radius 1 is 1.05 bits per heavy atom. The number of fused-ring (bicyclic) bond motifs is 1. The highest BCUT2D eigenvalue weighted by atomic mass is 16.3. The fraction of sp³-hybridized carbons (Fsp3) is 0.118. The molecule has 0 fully saturated rings. The van der Waals surface area contributed by atoms with Gasteiger partial charge in [0.15, 0.2) is 5.43 Å².